The van der Waals surface area contributed by atoms with Gasteiger partial charge in [0.1, 0.15) is 11.5 Å². The second-order valence-electron chi connectivity index (χ2n) is 6.75. The molecule has 0 saturated heterocycles. The van der Waals surface area contributed by atoms with E-state index >= 15 is 0 Å². The van der Waals surface area contributed by atoms with Crippen LogP contribution < -0.4 is 4.72 Å². The van der Waals surface area contributed by atoms with Crippen LogP contribution >= 0.6 is 23.2 Å². The van der Waals surface area contributed by atoms with Crippen molar-refractivity contribution in [2.45, 2.75) is 0 Å². The van der Waals surface area contributed by atoms with Crippen LogP contribution in [0.2, 0.25) is 10.0 Å². The Hall–Kier alpha value is -2.94. The molecule has 10 heteroatoms. The lowest BCUT2D eigenvalue weighted by atomic mass is 10.1. The van der Waals surface area contributed by atoms with Crippen LogP contribution in [0.3, 0.4) is 0 Å². The number of hydrogen-bond donors (Lipinski definition) is 1. The van der Waals surface area contributed by atoms with Gasteiger partial charge in [-0.1, -0.05) is 41.4 Å². The molecule has 0 atom stereocenters. The van der Waals surface area contributed by atoms with Crippen LogP contribution in [0.25, 0.3) is 27.8 Å². The highest BCUT2D eigenvalue weighted by Gasteiger charge is 2.21. The Labute approximate surface area is 187 Å². The minimum atomic E-state index is -3.86. The molecule has 6 nitrogen and oxygen atoms in total. The topological polar surface area (TPSA) is 81.1 Å². The van der Waals surface area contributed by atoms with Gasteiger partial charge < -0.3 is 0 Å². The van der Waals surface area contributed by atoms with Gasteiger partial charge in [-0.25, -0.2) is 22.5 Å². The number of nitrogens with zero attached hydrogens (tertiary/aromatic N) is 2. The number of aromatic nitrogens is 2. The van der Waals surface area contributed by atoms with E-state index in [-0.39, 0.29) is 10.7 Å². The first-order valence-electron chi connectivity index (χ1n) is 8.88. The van der Waals surface area contributed by atoms with Crippen molar-refractivity contribution in [3.63, 3.8) is 0 Å². The fraction of sp³-hybridized carbons (Fsp3) is 0.0476. The van der Waals surface area contributed by atoms with Crippen molar-refractivity contribution in [3.8, 4) is 16.8 Å². The maximum atomic E-state index is 14.8. The Morgan fingerprint density at radius 1 is 1.06 bits per heavy atom. The summed E-state index contributed by atoms with van der Waals surface area (Å²) in [7, 11) is -3.86. The Morgan fingerprint density at radius 2 is 1.81 bits per heavy atom. The van der Waals surface area contributed by atoms with E-state index in [2.05, 4.69) is 4.98 Å². The highest BCUT2D eigenvalue weighted by atomic mass is 35.5. The van der Waals surface area contributed by atoms with Crippen molar-refractivity contribution in [2.75, 3.05) is 6.26 Å². The minimum Gasteiger partial charge on any atom is -0.299 e. The number of hydrogen-bond acceptors (Lipinski definition) is 4. The number of halogens is 3. The van der Waals surface area contributed by atoms with Gasteiger partial charge in [0.05, 0.1) is 22.5 Å². The Bertz CT molecular complexity index is 1450. The molecule has 4 aromatic rings. The predicted molar refractivity (Wildman–Crippen MR) is 119 cm³/mol. The normalized spacial score (nSPS) is 11.6. The number of rotatable bonds is 4. The molecule has 0 unspecified atom stereocenters. The second-order valence-corrected chi connectivity index (χ2v) is 9.32. The molecule has 2 aromatic carbocycles. The summed E-state index contributed by atoms with van der Waals surface area (Å²) in [5, 5.41) is 1.34. The third-order valence-electron chi connectivity index (χ3n) is 4.55. The van der Waals surface area contributed by atoms with Gasteiger partial charge in [-0.2, -0.15) is 0 Å². The number of benzene rings is 2. The molecule has 158 valence electrons. The van der Waals surface area contributed by atoms with Crippen molar-refractivity contribution in [1.82, 2.24) is 14.3 Å². The lowest BCUT2D eigenvalue weighted by Gasteiger charge is -2.11. The molecular formula is C21H14Cl2FN3O3S. The summed E-state index contributed by atoms with van der Waals surface area (Å²) >= 11 is 12.7. The van der Waals surface area contributed by atoms with Crippen LogP contribution in [0.5, 0.6) is 0 Å². The summed E-state index contributed by atoms with van der Waals surface area (Å²) < 4.78 is 40.7. The SMILES string of the molecule is CS(=O)(=O)NC(=O)c1cc(Cl)c(-n2cc(-c3ccccc3Cl)c3cccnc32)cc1F. The highest BCUT2D eigenvalue weighted by molar-refractivity contribution is 7.89. The fourth-order valence-corrected chi connectivity index (χ4v) is 4.19. The molecule has 0 aliphatic rings. The molecule has 1 amide bonds. The molecule has 0 fully saturated rings. The number of nitrogens with one attached hydrogen (secondary N) is 1. The summed E-state index contributed by atoms with van der Waals surface area (Å²) in [5.41, 5.74) is 1.78. The zero-order valence-corrected chi connectivity index (χ0v) is 18.3. The van der Waals surface area contributed by atoms with Crippen molar-refractivity contribution in [1.29, 1.82) is 0 Å². The van der Waals surface area contributed by atoms with E-state index in [9.17, 15) is 17.6 Å². The van der Waals surface area contributed by atoms with Crippen LogP contribution in [0, 0.1) is 5.82 Å². The van der Waals surface area contributed by atoms with Crippen LogP contribution in [-0.2, 0) is 10.0 Å². The van der Waals surface area contributed by atoms with Gasteiger partial charge >= 0.3 is 0 Å². The van der Waals surface area contributed by atoms with Gasteiger partial charge in [-0.05, 0) is 24.3 Å². The Morgan fingerprint density at radius 3 is 2.52 bits per heavy atom. The Kier molecular flexibility index (Phi) is 5.47. The number of carbonyl (C=O) groups is 1. The molecule has 0 saturated carbocycles. The van der Waals surface area contributed by atoms with E-state index < -0.39 is 27.3 Å². The predicted octanol–water partition coefficient (Wildman–Crippen LogP) is 4.83. The lowest BCUT2D eigenvalue weighted by molar-refractivity contribution is 0.0978. The molecule has 31 heavy (non-hydrogen) atoms. The van der Waals surface area contributed by atoms with Gasteiger partial charge in [0.15, 0.2) is 0 Å². The van der Waals surface area contributed by atoms with Crippen molar-refractivity contribution < 1.29 is 17.6 Å². The highest BCUT2D eigenvalue weighted by Crippen LogP contribution is 2.37. The molecule has 2 aromatic heterocycles. The first kappa shape index (κ1) is 21.3. The smallest absolute Gasteiger partial charge is 0.267 e. The van der Waals surface area contributed by atoms with Crippen LogP contribution in [0.4, 0.5) is 4.39 Å². The molecule has 0 radical (unpaired) electrons. The van der Waals surface area contributed by atoms with Gasteiger partial charge in [0.25, 0.3) is 5.91 Å². The van der Waals surface area contributed by atoms with Crippen molar-refractivity contribution in [2.24, 2.45) is 0 Å². The number of amides is 1. The summed E-state index contributed by atoms with van der Waals surface area (Å²) in [6, 6.07) is 13.1. The van der Waals surface area contributed by atoms with E-state index in [1.165, 1.54) is 0 Å². The number of carbonyl (C=O) groups excluding carboxylic acids is 1. The van der Waals surface area contributed by atoms with Crippen LogP contribution in [0.15, 0.2) is 60.9 Å². The van der Waals surface area contributed by atoms with E-state index in [0.717, 1.165) is 34.9 Å². The monoisotopic (exact) mass is 477 g/mol. The van der Waals surface area contributed by atoms with E-state index in [1.54, 1.807) is 33.8 Å². The van der Waals surface area contributed by atoms with Crippen molar-refractivity contribution in [3.05, 3.63) is 82.4 Å². The standard InChI is InChI=1S/C21H14Cl2FN3O3S/c1-31(29,30)26-21(28)14-9-17(23)19(10-18(14)24)27-11-15(12-5-2-3-7-16(12)22)13-6-4-8-25-20(13)27/h2-11H,1H3,(H,26,28). The number of pyridine rings is 1. The quantitative estimate of drug-likeness (QED) is 0.456. The van der Waals surface area contributed by atoms with Gasteiger partial charge in [0.2, 0.25) is 10.0 Å². The third-order valence-corrected chi connectivity index (χ3v) is 5.73. The fourth-order valence-electron chi connectivity index (χ4n) is 3.26. The summed E-state index contributed by atoms with van der Waals surface area (Å²) in [6.07, 6.45) is 4.12. The summed E-state index contributed by atoms with van der Waals surface area (Å²) in [6.45, 7) is 0. The molecule has 0 bridgehead atoms. The van der Waals surface area contributed by atoms with Crippen LogP contribution in [0.1, 0.15) is 10.4 Å². The van der Waals surface area contributed by atoms with Gasteiger partial charge in [-0.15, -0.1) is 0 Å². The van der Waals surface area contributed by atoms with E-state index in [4.69, 9.17) is 23.2 Å². The number of sulfonamides is 1. The average molecular weight is 478 g/mol. The number of fused-ring (bicyclic) bond motifs is 1. The van der Waals surface area contributed by atoms with Crippen molar-refractivity contribution >= 4 is 50.2 Å². The van der Waals surface area contributed by atoms with Gasteiger partial charge in [-0.3, -0.25) is 9.36 Å². The van der Waals surface area contributed by atoms with Gasteiger partial charge in [0, 0.05) is 40.0 Å². The average Bonchev–Trinajstić information content (AvgIpc) is 3.08. The molecular weight excluding hydrogens is 464 g/mol. The summed E-state index contributed by atoms with van der Waals surface area (Å²) in [4.78, 5) is 16.5. The zero-order valence-electron chi connectivity index (χ0n) is 15.9. The minimum absolute atomic E-state index is 0.0355. The van der Waals surface area contributed by atoms with E-state index in [0.29, 0.717) is 10.7 Å². The van der Waals surface area contributed by atoms with Crippen LogP contribution in [-0.4, -0.2) is 30.1 Å². The molecule has 0 spiro atoms. The first-order valence-corrected chi connectivity index (χ1v) is 11.5. The molecule has 0 aliphatic carbocycles. The largest absolute Gasteiger partial charge is 0.299 e. The third kappa shape index (κ3) is 4.14. The molecule has 2 heterocycles. The lowest BCUT2D eigenvalue weighted by Crippen LogP contribution is -2.30. The molecule has 0 aliphatic heterocycles. The zero-order chi connectivity index (χ0) is 22.3. The maximum absolute atomic E-state index is 14.8. The maximum Gasteiger partial charge on any atom is 0.267 e. The van der Waals surface area contributed by atoms with E-state index in [1.807, 2.05) is 24.3 Å². The second kappa shape index (κ2) is 7.96. The molecule has 1 N–H and O–H groups in total. The summed E-state index contributed by atoms with van der Waals surface area (Å²) in [5.74, 6) is -2.04. The Balaban J connectivity index is 1.90. The molecule has 4 rings (SSSR count). The first-order chi connectivity index (χ1) is 14.7.